The smallest absolute Gasteiger partial charge is 0.194 e. The monoisotopic (exact) mass is 503 g/mol. The Morgan fingerprint density at radius 1 is 1.04 bits per heavy atom. The summed E-state index contributed by atoms with van der Waals surface area (Å²) in [5.41, 5.74) is 0.709. The van der Waals surface area contributed by atoms with E-state index in [-0.39, 0.29) is 29.8 Å². The highest BCUT2D eigenvalue weighted by Crippen LogP contribution is 2.20. The van der Waals surface area contributed by atoms with Gasteiger partial charge in [-0.2, -0.15) is 0 Å². The molecule has 1 aromatic rings. The largest absolute Gasteiger partial charge is 0.366 e. The number of benzene rings is 1. The molecule has 7 heteroatoms. The molecule has 0 spiro atoms. The molecule has 0 aromatic heterocycles. The summed E-state index contributed by atoms with van der Waals surface area (Å²) in [5.74, 6) is 0.872. The predicted molar refractivity (Wildman–Crippen MR) is 126 cm³/mol. The van der Waals surface area contributed by atoms with E-state index in [2.05, 4.69) is 26.9 Å². The topological polar surface area (TPSA) is 34.1 Å². The fraction of sp³-hybridized carbons (Fsp3) is 0.667. The molecule has 2 aliphatic rings. The van der Waals surface area contributed by atoms with Gasteiger partial charge in [0.25, 0.3) is 0 Å². The van der Waals surface area contributed by atoms with Crippen molar-refractivity contribution in [3.63, 3.8) is 0 Å². The van der Waals surface area contributed by atoms with Gasteiger partial charge in [-0.15, -0.1) is 24.0 Å². The van der Waals surface area contributed by atoms with E-state index in [0.29, 0.717) is 5.69 Å². The van der Waals surface area contributed by atoms with E-state index in [1.54, 1.807) is 6.07 Å². The zero-order valence-corrected chi connectivity index (χ0v) is 19.4. The van der Waals surface area contributed by atoms with Crippen LogP contribution in [-0.2, 0) is 0 Å². The van der Waals surface area contributed by atoms with Crippen molar-refractivity contribution in [3.8, 4) is 0 Å². The summed E-state index contributed by atoms with van der Waals surface area (Å²) in [6.45, 7) is 11.0. The van der Waals surface area contributed by atoms with Gasteiger partial charge in [0.1, 0.15) is 5.82 Å². The molecular weight excluding hydrogens is 468 g/mol. The minimum absolute atomic E-state index is 0. The lowest BCUT2D eigenvalue weighted by molar-refractivity contribution is 0.330. The molecule has 2 heterocycles. The van der Waals surface area contributed by atoms with Crippen LogP contribution in [0, 0.1) is 5.82 Å². The maximum absolute atomic E-state index is 14.0. The molecule has 1 aromatic carbocycles. The summed E-state index contributed by atoms with van der Waals surface area (Å²) in [5, 5.41) is 3.42. The van der Waals surface area contributed by atoms with Gasteiger partial charge in [0.15, 0.2) is 5.96 Å². The number of likely N-dealkylation sites (tertiary alicyclic amines) is 1. The first-order valence-electron chi connectivity index (χ1n) is 10.5. The second kappa shape index (κ2) is 12.5. The number of halogens is 2. The van der Waals surface area contributed by atoms with E-state index in [4.69, 9.17) is 4.99 Å². The van der Waals surface area contributed by atoms with Gasteiger partial charge in [-0.05, 0) is 64.4 Å². The minimum atomic E-state index is -0.135. The average molecular weight is 503 g/mol. The fourth-order valence-electron chi connectivity index (χ4n) is 3.93. The second-order valence-corrected chi connectivity index (χ2v) is 7.42. The van der Waals surface area contributed by atoms with Crippen LogP contribution in [0.2, 0.25) is 0 Å². The Kier molecular flexibility index (Phi) is 10.3. The van der Waals surface area contributed by atoms with Crippen LogP contribution in [0.4, 0.5) is 10.1 Å². The van der Waals surface area contributed by atoms with E-state index in [1.165, 1.54) is 45.0 Å². The van der Waals surface area contributed by atoms with Crippen molar-refractivity contribution in [2.45, 2.75) is 32.6 Å². The Hall–Kier alpha value is -1.09. The number of anilines is 1. The molecule has 2 aliphatic heterocycles. The van der Waals surface area contributed by atoms with Crippen LogP contribution in [0.15, 0.2) is 29.3 Å². The SMILES string of the molecule is CCNC(=NCCCCN1CCCC1)N1CCN(c2ccccc2F)CC1.I. The van der Waals surface area contributed by atoms with Crippen molar-refractivity contribution in [2.24, 2.45) is 4.99 Å². The summed E-state index contributed by atoms with van der Waals surface area (Å²) in [4.78, 5) is 11.8. The summed E-state index contributed by atoms with van der Waals surface area (Å²) >= 11 is 0. The number of nitrogens with zero attached hydrogens (tertiary/aromatic N) is 4. The van der Waals surface area contributed by atoms with Crippen molar-refractivity contribution < 1.29 is 4.39 Å². The molecule has 0 aliphatic carbocycles. The number of aliphatic imine (C=N–C) groups is 1. The van der Waals surface area contributed by atoms with Gasteiger partial charge >= 0.3 is 0 Å². The van der Waals surface area contributed by atoms with Crippen LogP contribution >= 0.6 is 24.0 Å². The zero-order chi connectivity index (χ0) is 18.9. The minimum Gasteiger partial charge on any atom is -0.366 e. The Balaban J connectivity index is 0.00000280. The third kappa shape index (κ3) is 6.76. The summed E-state index contributed by atoms with van der Waals surface area (Å²) in [6.07, 6.45) is 5.09. The summed E-state index contributed by atoms with van der Waals surface area (Å²) in [7, 11) is 0. The molecule has 0 unspecified atom stereocenters. The first-order chi connectivity index (χ1) is 13.3. The number of rotatable bonds is 7. The Bertz CT molecular complexity index is 598. The van der Waals surface area contributed by atoms with E-state index in [0.717, 1.165) is 51.6 Å². The average Bonchev–Trinajstić information content (AvgIpc) is 3.21. The molecule has 2 saturated heterocycles. The van der Waals surface area contributed by atoms with Crippen LogP contribution in [0.1, 0.15) is 32.6 Å². The number of nitrogens with one attached hydrogen (secondary N) is 1. The molecule has 158 valence electrons. The van der Waals surface area contributed by atoms with Crippen LogP contribution in [0.3, 0.4) is 0 Å². The number of hydrogen-bond donors (Lipinski definition) is 1. The van der Waals surface area contributed by atoms with Crippen molar-refractivity contribution in [3.05, 3.63) is 30.1 Å². The molecule has 0 saturated carbocycles. The van der Waals surface area contributed by atoms with Gasteiger partial charge in [-0.1, -0.05) is 12.1 Å². The van der Waals surface area contributed by atoms with Gasteiger partial charge in [-0.25, -0.2) is 4.39 Å². The molecule has 0 bridgehead atoms. The van der Waals surface area contributed by atoms with E-state index < -0.39 is 0 Å². The highest BCUT2D eigenvalue weighted by atomic mass is 127. The van der Waals surface area contributed by atoms with Crippen LogP contribution in [-0.4, -0.2) is 74.7 Å². The highest BCUT2D eigenvalue weighted by molar-refractivity contribution is 14.0. The first-order valence-corrected chi connectivity index (χ1v) is 10.5. The molecule has 0 atom stereocenters. The standard InChI is InChI=1S/C21H34FN5.HI/c1-2-23-21(24-11-5-6-12-25-13-7-8-14-25)27-17-15-26(16-18-27)20-10-4-3-9-19(20)22;/h3-4,9-10H,2,5-8,11-18H2,1H3,(H,23,24);1H. The van der Waals surface area contributed by atoms with Crippen molar-refractivity contribution in [1.29, 1.82) is 0 Å². The lowest BCUT2D eigenvalue weighted by Gasteiger charge is -2.37. The van der Waals surface area contributed by atoms with E-state index in [1.807, 2.05) is 12.1 Å². The van der Waals surface area contributed by atoms with Crippen molar-refractivity contribution in [1.82, 2.24) is 15.1 Å². The van der Waals surface area contributed by atoms with Gasteiger partial charge in [-0.3, -0.25) is 4.99 Å². The van der Waals surface area contributed by atoms with E-state index in [9.17, 15) is 4.39 Å². The predicted octanol–water partition coefficient (Wildman–Crippen LogP) is 3.41. The molecule has 5 nitrogen and oxygen atoms in total. The van der Waals surface area contributed by atoms with Crippen LogP contribution in [0.5, 0.6) is 0 Å². The summed E-state index contributed by atoms with van der Waals surface area (Å²) in [6, 6.07) is 7.05. The zero-order valence-electron chi connectivity index (χ0n) is 17.1. The molecule has 1 N–H and O–H groups in total. The van der Waals surface area contributed by atoms with Crippen LogP contribution < -0.4 is 10.2 Å². The third-order valence-corrected chi connectivity index (χ3v) is 5.45. The second-order valence-electron chi connectivity index (χ2n) is 7.42. The normalized spacial score (nSPS) is 18.3. The van der Waals surface area contributed by atoms with Crippen molar-refractivity contribution in [2.75, 3.05) is 63.8 Å². The molecule has 2 fully saturated rings. The van der Waals surface area contributed by atoms with Gasteiger partial charge in [0, 0.05) is 39.3 Å². The van der Waals surface area contributed by atoms with Gasteiger partial charge in [0.05, 0.1) is 5.69 Å². The fourth-order valence-corrected chi connectivity index (χ4v) is 3.93. The Morgan fingerprint density at radius 3 is 2.43 bits per heavy atom. The molecule has 0 radical (unpaired) electrons. The number of hydrogen-bond acceptors (Lipinski definition) is 3. The molecule has 28 heavy (non-hydrogen) atoms. The molecule has 0 amide bonds. The molecule has 3 rings (SSSR count). The Labute approximate surface area is 186 Å². The number of unbranched alkanes of at least 4 members (excludes halogenated alkanes) is 1. The third-order valence-electron chi connectivity index (χ3n) is 5.45. The quantitative estimate of drug-likeness (QED) is 0.268. The number of guanidine groups is 1. The maximum Gasteiger partial charge on any atom is 0.194 e. The van der Waals surface area contributed by atoms with Crippen LogP contribution in [0.25, 0.3) is 0 Å². The number of para-hydroxylation sites is 1. The van der Waals surface area contributed by atoms with Crippen molar-refractivity contribution >= 4 is 35.6 Å². The Morgan fingerprint density at radius 2 is 1.75 bits per heavy atom. The number of piperazine rings is 1. The van der Waals surface area contributed by atoms with E-state index >= 15 is 0 Å². The van der Waals surface area contributed by atoms with Gasteiger partial charge in [0.2, 0.25) is 0 Å². The maximum atomic E-state index is 14.0. The summed E-state index contributed by atoms with van der Waals surface area (Å²) < 4.78 is 14.0. The lowest BCUT2D eigenvalue weighted by Crippen LogP contribution is -2.52. The molecular formula is C21H35FIN5. The highest BCUT2D eigenvalue weighted by Gasteiger charge is 2.21. The van der Waals surface area contributed by atoms with Gasteiger partial charge < -0.3 is 20.0 Å². The first kappa shape index (κ1) is 23.2. The lowest BCUT2D eigenvalue weighted by atomic mass is 10.2.